The second-order valence-electron chi connectivity index (χ2n) is 9.41. The lowest BCUT2D eigenvalue weighted by Crippen LogP contribution is -2.30. The molecule has 1 aliphatic rings. The molecule has 0 atom stereocenters. The predicted octanol–water partition coefficient (Wildman–Crippen LogP) is 7.49. The summed E-state index contributed by atoms with van der Waals surface area (Å²) in [6.07, 6.45) is -1.65. The first-order valence-corrected chi connectivity index (χ1v) is 13.5. The highest BCUT2D eigenvalue weighted by molar-refractivity contribution is 8.15. The van der Waals surface area contributed by atoms with Crippen LogP contribution in [0.25, 0.3) is 27.5 Å². The highest BCUT2D eigenvalue weighted by Crippen LogP contribution is 2.33. The number of carbonyl (C=O) groups is 1. The second-order valence-corrected chi connectivity index (χ2v) is 10.4. The summed E-state index contributed by atoms with van der Waals surface area (Å²) >= 11 is 1.38. The summed E-state index contributed by atoms with van der Waals surface area (Å²) in [6, 6.07) is 21.1. The van der Waals surface area contributed by atoms with Gasteiger partial charge in [0.25, 0.3) is 0 Å². The number of aryl methyl sites for hydroxylation is 2. The molecule has 0 aliphatic carbocycles. The minimum absolute atomic E-state index is 0.0145. The fourth-order valence-electron chi connectivity index (χ4n) is 4.87. The van der Waals surface area contributed by atoms with Gasteiger partial charge in [0.1, 0.15) is 18.4 Å². The lowest BCUT2D eigenvalue weighted by atomic mass is 10.1. The Kier molecular flexibility index (Phi) is 6.74. The fourth-order valence-corrected chi connectivity index (χ4v) is 5.70. The lowest BCUT2D eigenvalue weighted by molar-refractivity contribution is -0.274. The summed E-state index contributed by atoms with van der Waals surface area (Å²) in [6.45, 7) is 3.95. The van der Waals surface area contributed by atoms with Crippen molar-refractivity contribution in [3.63, 3.8) is 0 Å². The van der Waals surface area contributed by atoms with E-state index >= 15 is 0 Å². The van der Waals surface area contributed by atoms with Crippen molar-refractivity contribution in [3.05, 3.63) is 90.3 Å². The van der Waals surface area contributed by atoms with Crippen molar-refractivity contribution in [2.75, 3.05) is 10.7 Å². The third-order valence-electron chi connectivity index (χ3n) is 6.67. The zero-order chi connectivity index (χ0) is 28.7. The first-order chi connectivity index (χ1) is 19.7. The van der Waals surface area contributed by atoms with Crippen LogP contribution in [-0.2, 0) is 4.79 Å². The van der Waals surface area contributed by atoms with Gasteiger partial charge in [0.2, 0.25) is 5.91 Å². The lowest BCUT2D eigenvalue weighted by Gasteiger charge is -2.20. The molecular formula is C30H22F3N5O2S. The molecule has 1 fully saturated rings. The fraction of sp³-hybridized carbons (Fsp3) is 0.133. The van der Waals surface area contributed by atoms with Crippen molar-refractivity contribution in [2.45, 2.75) is 20.2 Å². The van der Waals surface area contributed by atoms with E-state index < -0.39 is 6.36 Å². The Morgan fingerprint density at radius 1 is 1.00 bits per heavy atom. The van der Waals surface area contributed by atoms with E-state index in [9.17, 15) is 18.0 Å². The molecule has 0 saturated carbocycles. The maximum atomic E-state index is 12.7. The quantitative estimate of drug-likeness (QED) is 0.161. The minimum Gasteiger partial charge on any atom is -0.406 e. The average Bonchev–Trinajstić information content (AvgIpc) is 3.52. The number of fused-ring (bicyclic) bond motifs is 3. The van der Waals surface area contributed by atoms with Crippen molar-refractivity contribution in [1.82, 2.24) is 9.55 Å². The maximum Gasteiger partial charge on any atom is 0.573 e. The van der Waals surface area contributed by atoms with Gasteiger partial charge < -0.3 is 4.74 Å². The first-order valence-electron chi connectivity index (χ1n) is 12.6. The number of halogens is 3. The molecule has 0 bridgehead atoms. The van der Waals surface area contributed by atoms with Crippen LogP contribution < -0.4 is 9.64 Å². The zero-order valence-electron chi connectivity index (χ0n) is 21.9. The number of para-hydroxylation sites is 1. The topological polar surface area (TPSA) is 72.1 Å². The number of amides is 1. The van der Waals surface area contributed by atoms with Crippen LogP contribution in [0.4, 0.5) is 24.5 Å². The van der Waals surface area contributed by atoms with E-state index in [-0.39, 0.29) is 11.7 Å². The zero-order valence-corrected chi connectivity index (χ0v) is 22.7. The number of aromatic nitrogens is 2. The monoisotopic (exact) mass is 573 g/mol. The number of amidine groups is 1. The molecule has 0 N–H and O–H groups in total. The molecular weight excluding hydrogens is 551 g/mol. The number of hydrogen-bond acceptors (Lipinski definition) is 5. The molecule has 0 radical (unpaired) electrons. The van der Waals surface area contributed by atoms with Gasteiger partial charge in [0, 0.05) is 11.1 Å². The van der Waals surface area contributed by atoms with Crippen LogP contribution in [0.1, 0.15) is 11.1 Å². The van der Waals surface area contributed by atoms with E-state index in [1.165, 1.54) is 30.2 Å². The van der Waals surface area contributed by atoms with Crippen LogP contribution in [0.15, 0.2) is 89.1 Å². The van der Waals surface area contributed by atoms with Gasteiger partial charge in [-0.2, -0.15) is 0 Å². The molecule has 0 unspecified atom stereocenters. The van der Waals surface area contributed by atoms with Crippen LogP contribution in [-0.4, -0.2) is 39.1 Å². The Hall–Kier alpha value is -4.64. The largest absolute Gasteiger partial charge is 0.573 e. The molecule has 1 aromatic heterocycles. The number of aliphatic imine (C=N–C) groups is 2. The molecule has 5 aromatic rings. The Morgan fingerprint density at radius 2 is 1.76 bits per heavy atom. The molecule has 4 aromatic carbocycles. The molecule has 1 aliphatic heterocycles. The molecule has 6 rings (SSSR count). The third-order valence-corrected chi connectivity index (χ3v) is 7.60. The molecule has 1 amide bonds. The molecule has 41 heavy (non-hydrogen) atoms. The van der Waals surface area contributed by atoms with E-state index in [1.54, 1.807) is 27.9 Å². The Bertz CT molecular complexity index is 1840. The standard InChI is InChI=1S/C30H22F3N5O2S/c1-18-4-3-5-19(2)28(18)38-26(39)15-41-29(38)35-16-34-21-7-12-24-20(14-21)6-13-25-27(24)36-17-37(25)22-8-10-23(11-9-22)40-30(31,32)33/h3-14,16-17H,15H2,1-2H3. The molecule has 11 heteroatoms. The molecule has 206 valence electrons. The number of anilines is 1. The summed E-state index contributed by atoms with van der Waals surface area (Å²) in [5, 5.41) is 2.41. The van der Waals surface area contributed by atoms with Gasteiger partial charge in [-0.1, -0.05) is 36.0 Å². The van der Waals surface area contributed by atoms with Crippen molar-refractivity contribution in [1.29, 1.82) is 0 Å². The molecule has 1 saturated heterocycles. The number of imidazole rings is 1. The number of thioether (sulfide) groups is 1. The normalized spacial score (nSPS) is 15.2. The van der Waals surface area contributed by atoms with Gasteiger partial charge in [0.15, 0.2) is 5.17 Å². The third kappa shape index (κ3) is 5.28. The molecule has 2 heterocycles. The number of carbonyl (C=O) groups excluding carboxylic acids is 1. The van der Waals surface area contributed by atoms with Crippen LogP contribution in [0.2, 0.25) is 0 Å². The highest BCUT2D eigenvalue weighted by Gasteiger charge is 2.32. The van der Waals surface area contributed by atoms with Crippen molar-refractivity contribution < 1.29 is 22.7 Å². The van der Waals surface area contributed by atoms with Gasteiger partial charge in [-0.25, -0.2) is 15.0 Å². The number of benzene rings is 4. The van der Waals surface area contributed by atoms with Gasteiger partial charge in [0.05, 0.1) is 28.2 Å². The van der Waals surface area contributed by atoms with Crippen molar-refractivity contribution >= 4 is 62.4 Å². The van der Waals surface area contributed by atoms with Gasteiger partial charge in [-0.15, -0.1) is 13.2 Å². The highest BCUT2D eigenvalue weighted by atomic mass is 32.2. The van der Waals surface area contributed by atoms with Gasteiger partial charge >= 0.3 is 6.36 Å². The number of hydrogen-bond donors (Lipinski definition) is 0. The smallest absolute Gasteiger partial charge is 0.406 e. The van der Waals surface area contributed by atoms with Crippen LogP contribution >= 0.6 is 11.8 Å². The summed E-state index contributed by atoms with van der Waals surface area (Å²) in [4.78, 5) is 27.9. The van der Waals surface area contributed by atoms with Gasteiger partial charge in [-0.05, 0) is 78.9 Å². The van der Waals surface area contributed by atoms with E-state index in [1.807, 2.05) is 62.4 Å². The van der Waals surface area contributed by atoms with E-state index in [4.69, 9.17) is 0 Å². The maximum absolute atomic E-state index is 12.7. The van der Waals surface area contributed by atoms with Crippen LogP contribution in [0.5, 0.6) is 5.75 Å². The van der Waals surface area contributed by atoms with Crippen LogP contribution in [0.3, 0.4) is 0 Å². The first kappa shape index (κ1) is 26.6. The summed E-state index contributed by atoms with van der Waals surface area (Å²) in [7, 11) is 0. The molecule has 0 spiro atoms. The number of nitrogens with zero attached hydrogens (tertiary/aromatic N) is 5. The summed E-state index contributed by atoms with van der Waals surface area (Å²) < 4.78 is 43.2. The summed E-state index contributed by atoms with van der Waals surface area (Å²) in [5.74, 6) is 0.0228. The van der Waals surface area contributed by atoms with Gasteiger partial charge in [-0.3, -0.25) is 14.3 Å². The van der Waals surface area contributed by atoms with Crippen molar-refractivity contribution in [3.8, 4) is 11.4 Å². The minimum atomic E-state index is -4.74. The SMILES string of the molecule is Cc1cccc(C)c1N1C(=O)CSC1=NC=Nc1ccc2c(ccc3c2ncn3-c2ccc(OC(F)(F)F)cc2)c1. The second kappa shape index (κ2) is 10.4. The van der Waals surface area contributed by atoms with Crippen LogP contribution in [0, 0.1) is 13.8 Å². The number of rotatable bonds is 5. The predicted molar refractivity (Wildman–Crippen MR) is 157 cm³/mol. The van der Waals surface area contributed by atoms with Crippen molar-refractivity contribution in [2.24, 2.45) is 9.98 Å². The van der Waals surface area contributed by atoms with E-state index in [2.05, 4.69) is 19.7 Å². The van der Waals surface area contributed by atoms with E-state index in [0.29, 0.717) is 22.3 Å². The number of alkyl halides is 3. The Balaban J connectivity index is 1.26. The average molecular weight is 574 g/mol. The summed E-state index contributed by atoms with van der Waals surface area (Å²) in [5.41, 5.74) is 5.75. The number of ether oxygens (including phenoxy) is 1. The Labute approximate surface area is 237 Å². The van der Waals surface area contributed by atoms with E-state index in [0.717, 1.165) is 38.6 Å². The Morgan fingerprint density at radius 3 is 2.49 bits per heavy atom. The molecule has 7 nitrogen and oxygen atoms in total.